The molecular formula is C13H26N2O4. The first-order valence-corrected chi connectivity index (χ1v) is 6.30. The summed E-state index contributed by atoms with van der Waals surface area (Å²) in [7, 11) is 0. The summed E-state index contributed by atoms with van der Waals surface area (Å²) in [5.74, 6) is -0.576. The molecule has 0 aliphatic heterocycles. The van der Waals surface area contributed by atoms with Crippen LogP contribution in [0.4, 0.5) is 4.79 Å². The topological polar surface area (TPSA) is 90.6 Å². The number of hydrogen-bond acceptors (Lipinski definition) is 5. The summed E-state index contributed by atoms with van der Waals surface area (Å²) in [6.07, 6.45) is -0.694. The molecule has 6 nitrogen and oxygen atoms in total. The predicted molar refractivity (Wildman–Crippen MR) is 72.7 cm³/mol. The van der Waals surface area contributed by atoms with Crippen LogP contribution >= 0.6 is 0 Å². The van der Waals surface area contributed by atoms with Crippen LogP contribution in [0.3, 0.4) is 0 Å². The van der Waals surface area contributed by atoms with Crippen LogP contribution in [0.2, 0.25) is 0 Å². The molecular weight excluding hydrogens is 248 g/mol. The fraction of sp³-hybridized carbons (Fsp3) is 0.846. The Balaban J connectivity index is 4.67. The van der Waals surface area contributed by atoms with Crippen molar-refractivity contribution >= 4 is 12.1 Å². The number of esters is 1. The van der Waals surface area contributed by atoms with Crippen molar-refractivity contribution < 1.29 is 19.1 Å². The van der Waals surface area contributed by atoms with Crippen LogP contribution in [0.15, 0.2) is 0 Å². The Morgan fingerprint density at radius 3 is 1.74 bits per heavy atom. The molecule has 0 radical (unpaired) electrons. The molecule has 0 aromatic carbocycles. The van der Waals surface area contributed by atoms with Gasteiger partial charge in [0.1, 0.15) is 17.2 Å². The van der Waals surface area contributed by atoms with Gasteiger partial charge >= 0.3 is 12.1 Å². The lowest BCUT2D eigenvalue weighted by Gasteiger charge is -2.27. The van der Waals surface area contributed by atoms with Crippen molar-refractivity contribution in [1.82, 2.24) is 5.32 Å². The Bertz CT molecular complexity index is 327. The molecule has 6 heteroatoms. The maximum Gasteiger partial charge on any atom is 0.408 e. The molecule has 1 amide bonds. The molecule has 3 N–H and O–H groups in total. The average molecular weight is 274 g/mol. The summed E-state index contributed by atoms with van der Waals surface area (Å²) in [4.78, 5) is 23.6. The Morgan fingerprint density at radius 1 is 1.00 bits per heavy atom. The summed E-state index contributed by atoms with van der Waals surface area (Å²) in [6.45, 7) is 12.1. The van der Waals surface area contributed by atoms with Gasteiger partial charge in [0.25, 0.3) is 0 Å². The van der Waals surface area contributed by atoms with E-state index in [-0.39, 0.29) is 0 Å². The molecule has 0 saturated carbocycles. The van der Waals surface area contributed by atoms with Gasteiger partial charge in [-0.15, -0.1) is 0 Å². The van der Waals surface area contributed by atoms with E-state index in [1.54, 1.807) is 48.5 Å². The Kier molecular flexibility index (Phi) is 5.81. The van der Waals surface area contributed by atoms with Gasteiger partial charge in [-0.3, -0.25) is 0 Å². The van der Waals surface area contributed by atoms with Gasteiger partial charge in [0.15, 0.2) is 0 Å². The minimum absolute atomic E-state index is 0.576. The highest BCUT2D eigenvalue weighted by Gasteiger charge is 2.31. The molecule has 0 aliphatic carbocycles. The molecule has 0 fully saturated rings. The van der Waals surface area contributed by atoms with Crippen molar-refractivity contribution in [2.75, 3.05) is 0 Å². The highest BCUT2D eigenvalue weighted by Crippen LogP contribution is 2.11. The quantitative estimate of drug-likeness (QED) is 0.762. The lowest BCUT2D eigenvalue weighted by molar-refractivity contribution is -0.157. The Labute approximate surface area is 115 Å². The minimum atomic E-state index is -0.936. The fourth-order valence-corrected chi connectivity index (χ4v) is 1.20. The number of hydrogen-bond donors (Lipinski definition) is 2. The molecule has 0 bridgehead atoms. The summed E-state index contributed by atoms with van der Waals surface area (Å²) in [6, 6.07) is -1.52. The van der Waals surface area contributed by atoms with E-state index in [0.29, 0.717) is 0 Å². The Morgan fingerprint density at radius 2 is 1.42 bits per heavy atom. The number of amides is 1. The molecule has 0 aromatic rings. The van der Waals surface area contributed by atoms with Crippen molar-refractivity contribution in [3.05, 3.63) is 0 Å². The molecule has 19 heavy (non-hydrogen) atoms. The summed E-state index contributed by atoms with van der Waals surface area (Å²) in [5, 5.41) is 2.43. The second kappa shape index (κ2) is 6.23. The third-order valence-electron chi connectivity index (χ3n) is 1.86. The van der Waals surface area contributed by atoms with Crippen LogP contribution in [-0.2, 0) is 14.3 Å². The van der Waals surface area contributed by atoms with Crippen LogP contribution in [0.25, 0.3) is 0 Å². The van der Waals surface area contributed by atoms with Gasteiger partial charge in [-0.25, -0.2) is 9.59 Å². The van der Waals surface area contributed by atoms with E-state index in [2.05, 4.69) is 5.32 Å². The van der Waals surface area contributed by atoms with Gasteiger partial charge in [0.05, 0.1) is 0 Å². The maximum atomic E-state index is 11.9. The SMILES string of the molecule is C[C@@H](N)[C@@H](NC(=O)OC(C)(C)C)C(=O)OC(C)(C)C. The number of nitrogens with two attached hydrogens (primary N) is 1. The summed E-state index contributed by atoms with van der Waals surface area (Å²) in [5.41, 5.74) is 4.42. The molecule has 0 heterocycles. The smallest absolute Gasteiger partial charge is 0.408 e. The van der Waals surface area contributed by atoms with E-state index >= 15 is 0 Å². The number of rotatable bonds is 3. The van der Waals surface area contributed by atoms with Crippen molar-refractivity contribution in [3.8, 4) is 0 Å². The molecule has 2 atom stereocenters. The largest absolute Gasteiger partial charge is 0.458 e. The van der Waals surface area contributed by atoms with E-state index < -0.39 is 35.3 Å². The molecule has 0 aliphatic rings. The van der Waals surface area contributed by atoms with Crippen molar-refractivity contribution in [1.29, 1.82) is 0 Å². The zero-order valence-corrected chi connectivity index (χ0v) is 12.9. The lowest BCUT2D eigenvalue weighted by atomic mass is 10.1. The van der Waals surface area contributed by atoms with Gasteiger partial charge in [-0.05, 0) is 48.5 Å². The summed E-state index contributed by atoms with van der Waals surface area (Å²) >= 11 is 0. The third kappa shape index (κ3) is 8.42. The monoisotopic (exact) mass is 274 g/mol. The number of carbonyl (C=O) groups excluding carboxylic acids is 2. The maximum absolute atomic E-state index is 11.9. The standard InChI is InChI=1S/C13H26N2O4/c1-8(14)9(10(16)18-12(2,3)4)15-11(17)19-13(5,6)7/h8-9H,14H2,1-7H3,(H,15,17)/t8-,9-/m1/s1. The lowest BCUT2D eigenvalue weighted by Crippen LogP contribution is -2.54. The molecule has 0 aromatic heterocycles. The van der Waals surface area contributed by atoms with E-state index in [1.807, 2.05) is 0 Å². The van der Waals surface area contributed by atoms with E-state index in [4.69, 9.17) is 15.2 Å². The number of ether oxygens (including phenoxy) is 2. The number of carbonyl (C=O) groups is 2. The Hall–Kier alpha value is -1.30. The third-order valence-corrected chi connectivity index (χ3v) is 1.86. The number of nitrogens with one attached hydrogen (secondary N) is 1. The van der Waals surface area contributed by atoms with E-state index in [0.717, 1.165) is 0 Å². The zero-order chi connectivity index (χ0) is 15.4. The van der Waals surface area contributed by atoms with Gasteiger partial charge in [-0.1, -0.05) is 0 Å². The first-order valence-electron chi connectivity index (χ1n) is 6.30. The van der Waals surface area contributed by atoms with Crippen LogP contribution in [0.5, 0.6) is 0 Å². The first kappa shape index (κ1) is 17.7. The van der Waals surface area contributed by atoms with Crippen molar-refractivity contribution in [2.24, 2.45) is 5.73 Å². The molecule has 0 rings (SSSR count). The highest BCUT2D eigenvalue weighted by molar-refractivity contribution is 5.82. The van der Waals surface area contributed by atoms with Crippen LogP contribution in [0, 0.1) is 0 Å². The van der Waals surface area contributed by atoms with Gasteiger partial charge in [0.2, 0.25) is 0 Å². The average Bonchev–Trinajstić information content (AvgIpc) is 2.07. The van der Waals surface area contributed by atoms with Gasteiger partial charge < -0.3 is 20.5 Å². The normalized spacial score (nSPS) is 15.4. The second-order valence-corrected chi connectivity index (χ2v) is 6.52. The molecule has 112 valence electrons. The van der Waals surface area contributed by atoms with Crippen LogP contribution in [0.1, 0.15) is 48.5 Å². The molecule has 0 unspecified atom stereocenters. The fourth-order valence-electron chi connectivity index (χ4n) is 1.20. The van der Waals surface area contributed by atoms with E-state index in [9.17, 15) is 9.59 Å². The van der Waals surface area contributed by atoms with E-state index in [1.165, 1.54) is 0 Å². The number of alkyl carbamates (subject to hydrolysis) is 1. The highest BCUT2D eigenvalue weighted by atomic mass is 16.6. The van der Waals surface area contributed by atoms with Gasteiger partial charge in [0, 0.05) is 6.04 Å². The van der Waals surface area contributed by atoms with Gasteiger partial charge in [-0.2, -0.15) is 0 Å². The van der Waals surface area contributed by atoms with Crippen LogP contribution in [-0.4, -0.2) is 35.3 Å². The summed E-state index contributed by atoms with van der Waals surface area (Å²) < 4.78 is 10.3. The van der Waals surface area contributed by atoms with Crippen molar-refractivity contribution in [2.45, 2.75) is 71.8 Å². The van der Waals surface area contributed by atoms with Crippen LogP contribution < -0.4 is 11.1 Å². The predicted octanol–water partition coefficient (Wildman–Crippen LogP) is 1.57. The second-order valence-electron chi connectivity index (χ2n) is 6.52. The first-order chi connectivity index (χ1) is 8.32. The molecule has 0 spiro atoms. The zero-order valence-electron chi connectivity index (χ0n) is 12.9. The molecule has 0 saturated heterocycles. The van der Waals surface area contributed by atoms with Crippen molar-refractivity contribution in [3.63, 3.8) is 0 Å². The minimum Gasteiger partial charge on any atom is -0.458 e.